The van der Waals surface area contributed by atoms with Crippen molar-refractivity contribution in [2.24, 2.45) is 0 Å². The molecule has 2 aromatic heterocycles. The maximum atomic E-state index is 12.3. The first-order valence-corrected chi connectivity index (χ1v) is 12.4. The SMILES string of the molecule is CCCNc1nc(SCCC)nc2c1cnn2CCNC(=O)/C=C\c1ccc(OC)c(OC)c1. The van der Waals surface area contributed by atoms with Crippen molar-refractivity contribution in [2.75, 3.05) is 38.4 Å². The van der Waals surface area contributed by atoms with Crippen molar-refractivity contribution in [3.63, 3.8) is 0 Å². The monoisotopic (exact) mass is 484 g/mol. The minimum atomic E-state index is -0.189. The molecule has 34 heavy (non-hydrogen) atoms. The average molecular weight is 485 g/mol. The summed E-state index contributed by atoms with van der Waals surface area (Å²) < 4.78 is 12.3. The fraction of sp³-hybridized carbons (Fsp3) is 0.417. The highest BCUT2D eigenvalue weighted by Crippen LogP contribution is 2.28. The lowest BCUT2D eigenvalue weighted by molar-refractivity contribution is -0.116. The third-order valence-corrected chi connectivity index (χ3v) is 5.96. The predicted molar refractivity (Wildman–Crippen MR) is 137 cm³/mol. The smallest absolute Gasteiger partial charge is 0.244 e. The number of thioether (sulfide) groups is 1. The number of aromatic nitrogens is 4. The lowest BCUT2D eigenvalue weighted by Gasteiger charge is -2.09. The van der Waals surface area contributed by atoms with E-state index in [1.165, 1.54) is 6.08 Å². The van der Waals surface area contributed by atoms with Crippen molar-refractivity contribution in [1.82, 2.24) is 25.1 Å². The molecule has 0 radical (unpaired) electrons. The second-order valence-electron chi connectivity index (χ2n) is 7.47. The summed E-state index contributed by atoms with van der Waals surface area (Å²) in [5.74, 6) is 2.82. The molecular formula is C24H32N6O3S. The number of amides is 1. The van der Waals surface area contributed by atoms with E-state index in [4.69, 9.17) is 14.5 Å². The molecular weight excluding hydrogens is 452 g/mol. The minimum absolute atomic E-state index is 0.189. The van der Waals surface area contributed by atoms with E-state index in [1.54, 1.807) is 44.3 Å². The summed E-state index contributed by atoms with van der Waals surface area (Å²) in [7, 11) is 3.17. The number of carbonyl (C=O) groups is 1. The fourth-order valence-corrected chi connectivity index (χ4v) is 3.90. The van der Waals surface area contributed by atoms with E-state index in [0.717, 1.165) is 52.7 Å². The molecule has 0 aliphatic rings. The summed E-state index contributed by atoms with van der Waals surface area (Å²) in [6, 6.07) is 5.48. The quantitative estimate of drug-likeness (QED) is 0.213. The average Bonchev–Trinajstić information content (AvgIpc) is 3.27. The zero-order valence-electron chi connectivity index (χ0n) is 20.1. The largest absolute Gasteiger partial charge is 0.493 e. The molecule has 0 saturated heterocycles. The van der Waals surface area contributed by atoms with Gasteiger partial charge in [-0.05, 0) is 36.6 Å². The molecule has 3 rings (SSSR count). The lowest BCUT2D eigenvalue weighted by atomic mass is 10.2. The van der Waals surface area contributed by atoms with E-state index in [2.05, 4.69) is 34.6 Å². The Morgan fingerprint density at radius 3 is 2.68 bits per heavy atom. The summed E-state index contributed by atoms with van der Waals surface area (Å²) in [5.41, 5.74) is 1.61. The second-order valence-corrected chi connectivity index (χ2v) is 8.54. The third-order valence-electron chi connectivity index (χ3n) is 4.91. The molecule has 0 saturated carbocycles. The Morgan fingerprint density at radius 1 is 1.12 bits per heavy atom. The first-order chi connectivity index (χ1) is 16.6. The van der Waals surface area contributed by atoms with E-state index >= 15 is 0 Å². The van der Waals surface area contributed by atoms with Crippen molar-refractivity contribution in [3.05, 3.63) is 36.0 Å². The van der Waals surface area contributed by atoms with Crippen LogP contribution in [0.2, 0.25) is 0 Å². The van der Waals surface area contributed by atoms with Gasteiger partial charge in [-0.15, -0.1) is 0 Å². The van der Waals surface area contributed by atoms with Crippen LogP contribution in [-0.4, -0.2) is 58.7 Å². The van der Waals surface area contributed by atoms with Crippen LogP contribution < -0.4 is 20.1 Å². The van der Waals surface area contributed by atoms with Gasteiger partial charge in [0.25, 0.3) is 0 Å². The van der Waals surface area contributed by atoms with Gasteiger partial charge in [0, 0.05) is 24.9 Å². The Balaban J connectivity index is 1.64. The molecule has 0 spiro atoms. The molecule has 2 N–H and O–H groups in total. The van der Waals surface area contributed by atoms with Crippen LogP contribution in [0.5, 0.6) is 11.5 Å². The van der Waals surface area contributed by atoms with Crippen molar-refractivity contribution < 1.29 is 14.3 Å². The first kappa shape index (κ1) is 25.4. The number of carbonyl (C=O) groups excluding carboxylic acids is 1. The third kappa shape index (κ3) is 6.63. The molecule has 0 atom stereocenters. The molecule has 9 nitrogen and oxygen atoms in total. The van der Waals surface area contributed by atoms with Crippen molar-refractivity contribution in [1.29, 1.82) is 0 Å². The molecule has 0 fully saturated rings. The predicted octanol–water partition coefficient (Wildman–Crippen LogP) is 4.00. The van der Waals surface area contributed by atoms with Crippen LogP contribution in [0, 0.1) is 0 Å². The molecule has 3 aromatic rings. The van der Waals surface area contributed by atoms with Crippen LogP contribution in [0.4, 0.5) is 5.82 Å². The van der Waals surface area contributed by atoms with E-state index in [1.807, 2.05) is 16.8 Å². The number of rotatable bonds is 13. The second kappa shape index (κ2) is 12.8. The Labute approximate surface area is 204 Å². The number of hydrogen-bond acceptors (Lipinski definition) is 8. The van der Waals surface area contributed by atoms with Gasteiger partial charge >= 0.3 is 0 Å². The number of benzene rings is 1. The Morgan fingerprint density at radius 2 is 1.94 bits per heavy atom. The molecule has 0 aliphatic carbocycles. The number of hydrogen-bond donors (Lipinski definition) is 2. The van der Waals surface area contributed by atoms with E-state index in [0.29, 0.717) is 24.6 Å². The number of methoxy groups -OCH3 is 2. The van der Waals surface area contributed by atoms with Crippen LogP contribution in [0.1, 0.15) is 32.3 Å². The van der Waals surface area contributed by atoms with Crippen LogP contribution in [0.15, 0.2) is 35.6 Å². The highest BCUT2D eigenvalue weighted by molar-refractivity contribution is 7.99. The minimum Gasteiger partial charge on any atom is -0.493 e. The van der Waals surface area contributed by atoms with Crippen LogP contribution >= 0.6 is 11.8 Å². The fourth-order valence-electron chi connectivity index (χ4n) is 3.21. The van der Waals surface area contributed by atoms with Gasteiger partial charge in [0.15, 0.2) is 22.3 Å². The van der Waals surface area contributed by atoms with E-state index in [9.17, 15) is 4.79 Å². The van der Waals surface area contributed by atoms with Gasteiger partial charge < -0.3 is 20.1 Å². The lowest BCUT2D eigenvalue weighted by Crippen LogP contribution is -2.25. The Bertz CT molecular complexity index is 1130. The van der Waals surface area contributed by atoms with E-state index < -0.39 is 0 Å². The molecule has 2 heterocycles. The number of anilines is 1. The first-order valence-electron chi connectivity index (χ1n) is 11.4. The summed E-state index contributed by atoms with van der Waals surface area (Å²) in [4.78, 5) is 21.7. The number of ether oxygens (including phenoxy) is 2. The van der Waals surface area contributed by atoms with Gasteiger partial charge in [-0.2, -0.15) is 5.10 Å². The molecule has 0 bridgehead atoms. The van der Waals surface area contributed by atoms with Crippen molar-refractivity contribution in [3.8, 4) is 11.5 Å². The van der Waals surface area contributed by atoms with Crippen molar-refractivity contribution in [2.45, 2.75) is 38.4 Å². The maximum absolute atomic E-state index is 12.3. The molecule has 0 aliphatic heterocycles. The van der Waals surface area contributed by atoms with Gasteiger partial charge in [0.2, 0.25) is 5.91 Å². The summed E-state index contributed by atoms with van der Waals surface area (Å²) in [6.07, 6.45) is 7.06. The Kier molecular flexibility index (Phi) is 9.57. The van der Waals surface area contributed by atoms with Crippen LogP contribution in [0.25, 0.3) is 17.1 Å². The molecule has 182 valence electrons. The molecule has 0 unspecified atom stereocenters. The highest BCUT2D eigenvalue weighted by atomic mass is 32.2. The summed E-state index contributed by atoms with van der Waals surface area (Å²) in [6.45, 7) is 6.00. The highest BCUT2D eigenvalue weighted by Gasteiger charge is 2.13. The zero-order chi connectivity index (χ0) is 24.3. The summed E-state index contributed by atoms with van der Waals surface area (Å²) >= 11 is 1.63. The summed E-state index contributed by atoms with van der Waals surface area (Å²) in [5, 5.41) is 12.4. The zero-order valence-corrected chi connectivity index (χ0v) is 20.9. The van der Waals surface area contributed by atoms with Gasteiger partial charge in [0.1, 0.15) is 5.82 Å². The van der Waals surface area contributed by atoms with Gasteiger partial charge in [-0.3, -0.25) is 4.79 Å². The maximum Gasteiger partial charge on any atom is 0.244 e. The molecule has 1 aromatic carbocycles. The Hall–Kier alpha value is -3.27. The van der Waals surface area contributed by atoms with Crippen LogP contribution in [-0.2, 0) is 11.3 Å². The number of fused-ring (bicyclic) bond motifs is 1. The van der Waals surface area contributed by atoms with E-state index in [-0.39, 0.29) is 5.91 Å². The normalized spacial score (nSPS) is 11.2. The van der Waals surface area contributed by atoms with Crippen molar-refractivity contribution >= 4 is 40.6 Å². The molecule has 1 amide bonds. The van der Waals surface area contributed by atoms with Gasteiger partial charge in [0.05, 0.1) is 32.3 Å². The topological polar surface area (TPSA) is 103 Å². The number of nitrogens with zero attached hydrogens (tertiary/aromatic N) is 4. The van der Waals surface area contributed by atoms with Crippen LogP contribution in [0.3, 0.4) is 0 Å². The standard InChI is InChI=1S/C24H32N6O3S/c1-5-11-26-22-18-16-27-30(23(18)29-24(28-22)34-14-6-2)13-12-25-21(31)10-8-17-7-9-19(32-3)20(15-17)33-4/h7-10,15-16H,5-6,11-14H2,1-4H3,(H,25,31)(H,26,28,29)/b10-8-. The number of nitrogens with one attached hydrogen (secondary N) is 2. The van der Waals surface area contributed by atoms with Gasteiger partial charge in [-0.25, -0.2) is 14.6 Å². The molecule has 10 heteroatoms. The van der Waals surface area contributed by atoms with Gasteiger partial charge in [-0.1, -0.05) is 31.7 Å².